The quantitative estimate of drug-likeness (QED) is 0.408. The van der Waals surface area contributed by atoms with Gasteiger partial charge >= 0.3 is 0 Å². The van der Waals surface area contributed by atoms with E-state index in [9.17, 15) is 0 Å². The highest BCUT2D eigenvalue weighted by atomic mass is 35.5. The first-order chi connectivity index (χ1) is 16.1. The molecular formula is C25H23ClN6O. The monoisotopic (exact) mass is 458 g/mol. The van der Waals surface area contributed by atoms with Gasteiger partial charge in [-0.25, -0.2) is 4.98 Å². The summed E-state index contributed by atoms with van der Waals surface area (Å²) in [5.41, 5.74) is 7.79. The number of anilines is 1. The Bertz CT molecular complexity index is 1500. The molecule has 2 aromatic carbocycles. The second kappa shape index (κ2) is 7.86. The van der Waals surface area contributed by atoms with Gasteiger partial charge in [0.25, 0.3) is 0 Å². The summed E-state index contributed by atoms with van der Waals surface area (Å²) < 4.78 is 7.78. The van der Waals surface area contributed by atoms with Crippen LogP contribution in [0.3, 0.4) is 0 Å². The van der Waals surface area contributed by atoms with Crippen LogP contribution in [0.5, 0.6) is 0 Å². The van der Waals surface area contributed by atoms with Crippen LogP contribution in [0, 0.1) is 13.8 Å². The summed E-state index contributed by atoms with van der Waals surface area (Å²) in [5, 5.41) is 9.25. The van der Waals surface area contributed by atoms with E-state index >= 15 is 0 Å². The van der Waals surface area contributed by atoms with Crippen LogP contribution < -0.4 is 4.90 Å². The molecule has 0 saturated carbocycles. The van der Waals surface area contributed by atoms with Crippen LogP contribution in [0.15, 0.2) is 48.7 Å². The molecule has 5 aromatic rings. The van der Waals surface area contributed by atoms with Crippen LogP contribution in [-0.4, -0.2) is 51.0 Å². The minimum absolute atomic E-state index is 0.637. The van der Waals surface area contributed by atoms with E-state index in [0.717, 1.165) is 82.4 Å². The number of aromatic nitrogens is 5. The minimum Gasteiger partial charge on any atom is -0.378 e. The summed E-state index contributed by atoms with van der Waals surface area (Å²) in [5.74, 6) is 0.894. The number of hydrogen-bond acceptors (Lipinski definition) is 5. The van der Waals surface area contributed by atoms with Crippen molar-refractivity contribution in [3.63, 3.8) is 0 Å². The highest BCUT2D eigenvalue weighted by Crippen LogP contribution is 2.36. The molecule has 166 valence electrons. The van der Waals surface area contributed by atoms with E-state index in [4.69, 9.17) is 21.3 Å². The smallest absolute Gasteiger partial charge is 0.111 e. The topological polar surface area (TPSA) is 71.9 Å². The maximum Gasteiger partial charge on any atom is 0.111 e. The van der Waals surface area contributed by atoms with Gasteiger partial charge in [-0.05, 0) is 44.2 Å². The predicted molar refractivity (Wildman–Crippen MR) is 131 cm³/mol. The Hall–Kier alpha value is -3.42. The number of ether oxygens (including phenoxy) is 1. The molecule has 0 unspecified atom stereocenters. The Morgan fingerprint density at radius 2 is 1.88 bits per heavy atom. The van der Waals surface area contributed by atoms with Crippen LogP contribution in [0.4, 0.5) is 5.69 Å². The number of para-hydroxylation sites is 1. The third-order valence-electron chi connectivity index (χ3n) is 6.21. The summed E-state index contributed by atoms with van der Waals surface area (Å²) in [6, 6.07) is 14.4. The molecule has 0 spiro atoms. The van der Waals surface area contributed by atoms with Crippen molar-refractivity contribution in [2.45, 2.75) is 13.8 Å². The lowest BCUT2D eigenvalue weighted by Crippen LogP contribution is -2.36. The van der Waals surface area contributed by atoms with E-state index in [1.807, 2.05) is 32.0 Å². The number of nitrogens with zero attached hydrogens (tertiary/aromatic N) is 5. The zero-order valence-corrected chi connectivity index (χ0v) is 19.2. The number of fused-ring (bicyclic) bond motifs is 2. The number of rotatable bonds is 3. The van der Waals surface area contributed by atoms with Crippen molar-refractivity contribution >= 4 is 39.2 Å². The second-order valence-electron chi connectivity index (χ2n) is 8.36. The maximum absolute atomic E-state index is 6.47. The molecule has 1 aliphatic heterocycles. The molecular weight excluding hydrogens is 436 g/mol. The van der Waals surface area contributed by atoms with Crippen LogP contribution >= 0.6 is 11.6 Å². The van der Waals surface area contributed by atoms with E-state index in [-0.39, 0.29) is 0 Å². The van der Waals surface area contributed by atoms with Crippen LogP contribution in [-0.2, 0) is 4.74 Å². The first kappa shape index (κ1) is 20.2. The number of imidazole rings is 1. The molecule has 0 atom stereocenters. The fourth-order valence-corrected chi connectivity index (χ4v) is 4.88. The first-order valence-electron chi connectivity index (χ1n) is 11.0. The number of H-pyrrole nitrogens is 1. The third-order valence-corrected chi connectivity index (χ3v) is 6.52. The lowest BCUT2D eigenvalue weighted by atomic mass is 10.1. The van der Waals surface area contributed by atoms with Gasteiger partial charge in [0, 0.05) is 41.6 Å². The van der Waals surface area contributed by atoms with Gasteiger partial charge in [-0.1, -0.05) is 23.7 Å². The van der Waals surface area contributed by atoms with Gasteiger partial charge in [-0.15, -0.1) is 0 Å². The molecule has 0 aliphatic carbocycles. The molecule has 1 aliphatic rings. The Kier molecular flexibility index (Phi) is 4.81. The molecule has 1 saturated heterocycles. The summed E-state index contributed by atoms with van der Waals surface area (Å²) in [4.78, 5) is 11.9. The SMILES string of the molecule is Cc1cc(-c2cc(N3CCOCC3)cc3c2nc(C)n3-c2ccnc3c(Cl)cccc23)n[nH]1. The highest BCUT2D eigenvalue weighted by molar-refractivity contribution is 6.35. The molecule has 33 heavy (non-hydrogen) atoms. The van der Waals surface area contributed by atoms with Crippen molar-refractivity contribution in [3.8, 4) is 16.9 Å². The van der Waals surface area contributed by atoms with E-state index in [2.05, 4.69) is 48.9 Å². The zero-order chi connectivity index (χ0) is 22.5. The van der Waals surface area contributed by atoms with Gasteiger partial charge in [-0.2, -0.15) is 5.10 Å². The number of aromatic amines is 1. The average Bonchev–Trinajstić information content (AvgIpc) is 3.41. The summed E-state index contributed by atoms with van der Waals surface area (Å²) in [6.07, 6.45) is 1.80. The van der Waals surface area contributed by atoms with E-state index in [1.54, 1.807) is 6.20 Å². The van der Waals surface area contributed by atoms with Crippen molar-refractivity contribution in [1.82, 2.24) is 24.7 Å². The number of nitrogens with one attached hydrogen (secondary N) is 1. The van der Waals surface area contributed by atoms with Crippen LogP contribution in [0.2, 0.25) is 5.02 Å². The predicted octanol–water partition coefficient (Wildman–Crippen LogP) is 5.07. The third kappa shape index (κ3) is 3.35. The van der Waals surface area contributed by atoms with Gasteiger partial charge in [0.2, 0.25) is 0 Å². The summed E-state index contributed by atoms with van der Waals surface area (Å²) >= 11 is 6.47. The van der Waals surface area contributed by atoms with Crippen molar-refractivity contribution in [2.75, 3.05) is 31.2 Å². The molecule has 4 heterocycles. The lowest BCUT2D eigenvalue weighted by Gasteiger charge is -2.29. The number of aryl methyl sites for hydroxylation is 2. The molecule has 1 fully saturated rings. The van der Waals surface area contributed by atoms with Crippen molar-refractivity contribution in [2.24, 2.45) is 0 Å². The Morgan fingerprint density at radius 3 is 2.67 bits per heavy atom. The normalized spacial score (nSPS) is 14.5. The van der Waals surface area contributed by atoms with Crippen molar-refractivity contribution in [1.29, 1.82) is 0 Å². The summed E-state index contributed by atoms with van der Waals surface area (Å²) in [6.45, 7) is 7.19. The number of halogens is 1. The molecule has 1 N–H and O–H groups in total. The number of pyridine rings is 1. The number of benzene rings is 2. The average molecular weight is 459 g/mol. The van der Waals surface area contributed by atoms with Crippen molar-refractivity contribution < 1.29 is 4.74 Å². The molecule has 0 bridgehead atoms. The standard InChI is InChI=1S/C25H23ClN6O/c1-15-12-21(30-29-15)19-13-17(31-8-10-33-11-9-31)14-23-25(19)28-16(2)32(23)22-6-7-27-24-18(22)4-3-5-20(24)26/h3-7,12-14H,8-11H2,1-2H3,(H,29,30). The van der Waals surface area contributed by atoms with E-state index in [0.29, 0.717) is 5.02 Å². The minimum atomic E-state index is 0.637. The molecule has 0 amide bonds. The van der Waals surface area contributed by atoms with Gasteiger partial charge in [-0.3, -0.25) is 14.6 Å². The molecule has 0 radical (unpaired) electrons. The van der Waals surface area contributed by atoms with E-state index < -0.39 is 0 Å². The zero-order valence-electron chi connectivity index (χ0n) is 18.5. The fourth-order valence-electron chi connectivity index (χ4n) is 4.66. The molecule has 7 nitrogen and oxygen atoms in total. The van der Waals surface area contributed by atoms with E-state index in [1.165, 1.54) is 0 Å². The molecule has 6 rings (SSSR count). The first-order valence-corrected chi connectivity index (χ1v) is 11.4. The fraction of sp³-hybridized carbons (Fsp3) is 0.240. The van der Waals surface area contributed by atoms with Crippen LogP contribution in [0.25, 0.3) is 38.9 Å². The van der Waals surface area contributed by atoms with Gasteiger partial charge in [0.05, 0.1) is 46.2 Å². The number of morpholine rings is 1. The van der Waals surface area contributed by atoms with Crippen LogP contribution in [0.1, 0.15) is 11.5 Å². The highest BCUT2D eigenvalue weighted by Gasteiger charge is 2.21. The number of hydrogen-bond donors (Lipinski definition) is 1. The lowest BCUT2D eigenvalue weighted by molar-refractivity contribution is 0.122. The second-order valence-corrected chi connectivity index (χ2v) is 8.76. The van der Waals surface area contributed by atoms with Gasteiger partial charge in [0.15, 0.2) is 0 Å². The summed E-state index contributed by atoms with van der Waals surface area (Å²) in [7, 11) is 0. The molecule has 8 heteroatoms. The Labute approximate surface area is 196 Å². The van der Waals surface area contributed by atoms with Gasteiger partial charge in [0.1, 0.15) is 5.82 Å². The maximum atomic E-state index is 6.47. The molecule has 3 aromatic heterocycles. The Morgan fingerprint density at radius 1 is 1.03 bits per heavy atom. The Balaban J connectivity index is 1.66. The van der Waals surface area contributed by atoms with Crippen molar-refractivity contribution in [3.05, 3.63) is 65.2 Å². The van der Waals surface area contributed by atoms with Gasteiger partial charge < -0.3 is 9.64 Å². The largest absolute Gasteiger partial charge is 0.378 e.